The molecule has 0 spiro atoms. The molecule has 2 heterocycles. The van der Waals surface area contributed by atoms with Crippen LogP contribution in [0.2, 0.25) is 5.28 Å². The molecule has 0 aromatic carbocycles. The Labute approximate surface area is 85.7 Å². The van der Waals surface area contributed by atoms with Crippen molar-refractivity contribution < 1.29 is 0 Å². The molecule has 0 atom stereocenters. The molecule has 3 rings (SSSR count). The Morgan fingerprint density at radius 1 is 1.36 bits per heavy atom. The molecule has 0 saturated heterocycles. The first-order valence-corrected chi connectivity index (χ1v) is 4.86. The molecular weight excluding hydrogens is 200 g/mol. The van der Waals surface area contributed by atoms with Crippen LogP contribution >= 0.6 is 11.6 Å². The van der Waals surface area contributed by atoms with Crippen LogP contribution in [0.4, 0.5) is 0 Å². The summed E-state index contributed by atoms with van der Waals surface area (Å²) in [6.07, 6.45) is 4.00. The van der Waals surface area contributed by atoms with Gasteiger partial charge in [0.05, 0.1) is 0 Å². The van der Waals surface area contributed by atoms with Crippen molar-refractivity contribution in [2.45, 2.75) is 18.4 Å². The average Bonchev–Trinajstić information content (AvgIpc) is 2.84. The summed E-state index contributed by atoms with van der Waals surface area (Å²) < 4.78 is 1.75. The van der Waals surface area contributed by atoms with Crippen LogP contribution in [0.25, 0.3) is 5.65 Å². The fourth-order valence-electron chi connectivity index (χ4n) is 1.58. The Bertz CT molecular complexity index is 500. The van der Waals surface area contributed by atoms with Crippen molar-refractivity contribution in [1.82, 2.24) is 14.6 Å². The number of nitrogens with zero attached hydrogens (tertiary/aromatic N) is 3. The van der Waals surface area contributed by atoms with Crippen LogP contribution in [0.15, 0.2) is 18.3 Å². The molecule has 1 fully saturated rings. The van der Waals surface area contributed by atoms with Crippen LogP contribution < -0.4 is 5.73 Å². The van der Waals surface area contributed by atoms with Gasteiger partial charge in [0, 0.05) is 11.7 Å². The van der Waals surface area contributed by atoms with Crippen LogP contribution in [0.5, 0.6) is 0 Å². The van der Waals surface area contributed by atoms with Gasteiger partial charge in [0.25, 0.3) is 0 Å². The van der Waals surface area contributed by atoms with Crippen molar-refractivity contribution in [3.05, 3.63) is 29.2 Å². The molecular formula is C9H9ClN4. The third kappa shape index (κ3) is 1.04. The number of nitrogens with two attached hydrogens (primary N) is 1. The summed E-state index contributed by atoms with van der Waals surface area (Å²) in [5, 5.41) is 8.06. The van der Waals surface area contributed by atoms with E-state index in [1.807, 2.05) is 18.3 Å². The molecule has 0 bridgehead atoms. The van der Waals surface area contributed by atoms with Crippen LogP contribution in [0.3, 0.4) is 0 Å². The number of pyridine rings is 1. The smallest absolute Gasteiger partial charge is 0.229 e. The van der Waals surface area contributed by atoms with Gasteiger partial charge in [-0.2, -0.15) is 0 Å². The lowest BCUT2D eigenvalue weighted by atomic mass is 10.1. The summed E-state index contributed by atoms with van der Waals surface area (Å²) >= 11 is 5.86. The molecule has 2 N–H and O–H groups in total. The Morgan fingerprint density at radius 2 is 2.14 bits per heavy atom. The Balaban J connectivity index is 2.23. The van der Waals surface area contributed by atoms with Crippen molar-refractivity contribution in [1.29, 1.82) is 0 Å². The summed E-state index contributed by atoms with van der Waals surface area (Å²) in [7, 11) is 0. The standard InChI is InChI=1S/C9H9ClN4/c10-8-13-12-7-2-1-6(5-14(7)8)9(11)3-4-9/h1-2,5H,3-4,11H2. The predicted octanol–water partition coefficient (Wildman–Crippen LogP) is 1.33. The highest BCUT2D eigenvalue weighted by atomic mass is 35.5. The zero-order valence-electron chi connectivity index (χ0n) is 7.44. The monoisotopic (exact) mass is 208 g/mol. The molecule has 0 unspecified atom stereocenters. The zero-order valence-corrected chi connectivity index (χ0v) is 8.20. The Hall–Kier alpha value is -1.13. The molecule has 2 aromatic heterocycles. The van der Waals surface area contributed by atoms with Gasteiger partial charge in [0.2, 0.25) is 5.28 Å². The van der Waals surface area contributed by atoms with Crippen molar-refractivity contribution in [3.8, 4) is 0 Å². The lowest BCUT2D eigenvalue weighted by Gasteiger charge is -2.08. The SMILES string of the molecule is NC1(c2ccc3nnc(Cl)n3c2)CC1. The minimum absolute atomic E-state index is 0.137. The van der Waals surface area contributed by atoms with Gasteiger partial charge in [-0.25, -0.2) is 0 Å². The van der Waals surface area contributed by atoms with E-state index in [0.717, 1.165) is 24.1 Å². The van der Waals surface area contributed by atoms with Gasteiger partial charge in [-0.05, 0) is 36.1 Å². The van der Waals surface area contributed by atoms with Gasteiger partial charge in [0.15, 0.2) is 5.65 Å². The molecule has 1 aliphatic rings. The van der Waals surface area contributed by atoms with E-state index in [1.165, 1.54) is 0 Å². The van der Waals surface area contributed by atoms with E-state index in [1.54, 1.807) is 4.40 Å². The third-order valence-corrected chi connectivity index (χ3v) is 2.98. The van der Waals surface area contributed by atoms with E-state index in [0.29, 0.717) is 5.28 Å². The third-order valence-electron chi connectivity index (χ3n) is 2.72. The molecule has 0 amide bonds. The highest BCUT2D eigenvalue weighted by Crippen LogP contribution is 2.42. The second-order valence-electron chi connectivity index (χ2n) is 3.77. The number of rotatable bonds is 1. The number of aromatic nitrogens is 3. The quantitative estimate of drug-likeness (QED) is 0.769. The number of fused-ring (bicyclic) bond motifs is 1. The van der Waals surface area contributed by atoms with E-state index in [-0.39, 0.29) is 5.54 Å². The molecule has 4 nitrogen and oxygen atoms in total. The Kier molecular flexibility index (Phi) is 1.44. The summed E-state index contributed by atoms with van der Waals surface area (Å²) in [6, 6.07) is 3.88. The topological polar surface area (TPSA) is 56.2 Å². The molecule has 72 valence electrons. The first-order chi connectivity index (χ1) is 6.69. The van der Waals surface area contributed by atoms with Crippen LogP contribution in [-0.4, -0.2) is 14.6 Å². The normalized spacial score (nSPS) is 18.7. The average molecular weight is 209 g/mol. The fraction of sp³-hybridized carbons (Fsp3) is 0.333. The van der Waals surface area contributed by atoms with E-state index < -0.39 is 0 Å². The molecule has 14 heavy (non-hydrogen) atoms. The van der Waals surface area contributed by atoms with Gasteiger partial charge in [-0.15, -0.1) is 10.2 Å². The molecule has 1 saturated carbocycles. The first-order valence-electron chi connectivity index (χ1n) is 4.49. The molecule has 5 heteroatoms. The van der Waals surface area contributed by atoms with Crippen LogP contribution in [0.1, 0.15) is 18.4 Å². The number of halogens is 1. The minimum Gasteiger partial charge on any atom is -0.321 e. The minimum atomic E-state index is -0.137. The maximum absolute atomic E-state index is 6.08. The van der Waals surface area contributed by atoms with Gasteiger partial charge in [0.1, 0.15) is 0 Å². The number of hydrogen-bond donors (Lipinski definition) is 1. The highest BCUT2D eigenvalue weighted by Gasteiger charge is 2.40. The molecule has 2 aromatic rings. The van der Waals surface area contributed by atoms with Gasteiger partial charge in [-0.1, -0.05) is 6.07 Å². The summed E-state index contributed by atoms with van der Waals surface area (Å²) in [6.45, 7) is 0. The summed E-state index contributed by atoms with van der Waals surface area (Å²) in [5.74, 6) is 0. The van der Waals surface area contributed by atoms with Crippen LogP contribution in [0, 0.1) is 0 Å². The van der Waals surface area contributed by atoms with Gasteiger partial charge in [-0.3, -0.25) is 4.40 Å². The van der Waals surface area contributed by atoms with Crippen molar-refractivity contribution in [2.75, 3.05) is 0 Å². The van der Waals surface area contributed by atoms with E-state index >= 15 is 0 Å². The second kappa shape index (κ2) is 2.46. The second-order valence-corrected chi connectivity index (χ2v) is 4.11. The van der Waals surface area contributed by atoms with E-state index in [4.69, 9.17) is 17.3 Å². The fourth-order valence-corrected chi connectivity index (χ4v) is 1.75. The highest BCUT2D eigenvalue weighted by molar-refractivity contribution is 6.28. The largest absolute Gasteiger partial charge is 0.321 e. The maximum Gasteiger partial charge on any atom is 0.229 e. The first kappa shape index (κ1) is 8.20. The zero-order chi connectivity index (χ0) is 9.76. The van der Waals surface area contributed by atoms with Gasteiger partial charge >= 0.3 is 0 Å². The van der Waals surface area contributed by atoms with Gasteiger partial charge < -0.3 is 5.73 Å². The summed E-state index contributed by atoms with van der Waals surface area (Å²) in [4.78, 5) is 0. The lowest BCUT2D eigenvalue weighted by molar-refractivity contribution is 0.733. The van der Waals surface area contributed by atoms with E-state index in [2.05, 4.69) is 10.2 Å². The van der Waals surface area contributed by atoms with Crippen molar-refractivity contribution >= 4 is 17.2 Å². The predicted molar refractivity (Wildman–Crippen MR) is 53.1 cm³/mol. The Morgan fingerprint density at radius 3 is 2.86 bits per heavy atom. The van der Waals surface area contributed by atoms with Crippen molar-refractivity contribution in [2.24, 2.45) is 5.73 Å². The van der Waals surface area contributed by atoms with Crippen LogP contribution in [-0.2, 0) is 5.54 Å². The molecule has 0 radical (unpaired) electrons. The molecule has 1 aliphatic carbocycles. The summed E-state index contributed by atoms with van der Waals surface area (Å²) in [5.41, 5.74) is 7.80. The number of hydrogen-bond acceptors (Lipinski definition) is 3. The maximum atomic E-state index is 6.08. The van der Waals surface area contributed by atoms with E-state index in [9.17, 15) is 0 Å². The van der Waals surface area contributed by atoms with Crippen molar-refractivity contribution in [3.63, 3.8) is 0 Å². The molecule has 0 aliphatic heterocycles. The lowest BCUT2D eigenvalue weighted by Crippen LogP contribution is -2.19.